The third kappa shape index (κ3) is 5.18. The first-order valence-electron chi connectivity index (χ1n) is 9.61. The molecule has 0 aliphatic carbocycles. The summed E-state index contributed by atoms with van der Waals surface area (Å²) in [5.41, 5.74) is 3.22. The van der Waals surface area contributed by atoms with E-state index in [4.69, 9.17) is 4.74 Å². The van der Waals surface area contributed by atoms with Gasteiger partial charge in [-0.15, -0.1) is 0 Å². The molecule has 156 valence electrons. The monoisotopic (exact) mass is 415 g/mol. The van der Waals surface area contributed by atoms with Gasteiger partial charge in [-0.25, -0.2) is 13.1 Å². The van der Waals surface area contributed by atoms with Crippen molar-refractivity contribution in [3.05, 3.63) is 65.9 Å². The Morgan fingerprint density at radius 1 is 1.10 bits per heavy atom. The Balaban J connectivity index is 1.69. The second-order valence-electron chi connectivity index (χ2n) is 7.46. The predicted octanol–water partition coefficient (Wildman–Crippen LogP) is 2.95. The molecule has 2 aromatic carbocycles. The summed E-state index contributed by atoms with van der Waals surface area (Å²) in [7, 11) is 4.17. The Morgan fingerprint density at radius 3 is 2.45 bits per heavy atom. The first-order chi connectivity index (χ1) is 13.8. The number of aromatic nitrogens is 1. The van der Waals surface area contributed by atoms with E-state index in [2.05, 4.69) is 27.6 Å². The number of nitrogens with zero attached hydrogens (tertiary/aromatic N) is 2. The van der Waals surface area contributed by atoms with Crippen LogP contribution in [0.2, 0.25) is 0 Å². The molecule has 0 radical (unpaired) electrons. The molecule has 0 aliphatic heterocycles. The van der Waals surface area contributed by atoms with Crippen molar-refractivity contribution >= 4 is 20.9 Å². The van der Waals surface area contributed by atoms with Crippen molar-refractivity contribution in [1.29, 1.82) is 0 Å². The van der Waals surface area contributed by atoms with Crippen molar-refractivity contribution in [2.75, 3.05) is 33.5 Å². The van der Waals surface area contributed by atoms with Crippen LogP contribution in [-0.2, 0) is 23.5 Å². The number of ether oxygens (including phenoxy) is 1. The summed E-state index contributed by atoms with van der Waals surface area (Å²) in [6.45, 7) is 0.325. The lowest BCUT2D eigenvalue weighted by molar-refractivity contribution is 0.301. The normalized spacial score (nSPS) is 13.1. The summed E-state index contributed by atoms with van der Waals surface area (Å²) in [5, 5.41) is 1.14. The minimum absolute atomic E-state index is 0.0506. The molecule has 7 heteroatoms. The Kier molecular flexibility index (Phi) is 6.62. The van der Waals surface area contributed by atoms with Gasteiger partial charge in [0.15, 0.2) is 0 Å². The van der Waals surface area contributed by atoms with Crippen LogP contribution in [-0.4, -0.2) is 51.4 Å². The molecule has 0 saturated heterocycles. The second-order valence-corrected chi connectivity index (χ2v) is 9.38. The van der Waals surface area contributed by atoms with Crippen molar-refractivity contribution in [3.8, 4) is 5.75 Å². The summed E-state index contributed by atoms with van der Waals surface area (Å²) in [5.74, 6) is 0.813. The van der Waals surface area contributed by atoms with Crippen LogP contribution in [0.1, 0.15) is 17.2 Å². The highest BCUT2D eigenvalue weighted by atomic mass is 32.2. The molecule has 0 aliphatic rings. The number of aryl methyl sites for hydroxylation is 2. The fraction of sp³-hybridized carbons (Fsp3) is 0.364. The van der Waals surface area contributed by atoms with Crippen LogP contribution in [0.4, 0.5) is 0 Å². The molecule has 1 aromatic heterocycles. The van der Waals surface area contributed by atoms with Gasteiger partial charge in [0.05, 0.1) is 12.9 Å². The molecule has 1 heterocycles. The number of likely N-dealkylation sites (N-methyl/N-ethyl adjacent to an activating group) is 1. The smallest absolute Gasteiger partial charge is 0.211 e. The van der Waals surface area contributed by atoms with Crippen molar-refractivity contribution < 1.29 is 13.2 Å². The Bertz CT molecular complexity index is 1060. The first kappa shape index (κ1) is 21.4. The summed E-state index contributed by atoms with van der Waals surface area (Å²) in [6.07, 6.45) is 2.54. The van der Waals surface area contributed by atoms with Gasteiger partial charge >= 0.3 is 0 Å². The van der Waals surface area contributed by atoms with E-state index in [1.54, 1.807) is 7.11 Å². The quantitative estimate of drug-likeness (QED) is 0.584. The highest BCUT2D eigenvalue weighted by molar-refractivity contribution is 7.89. The maximum absolute atomic E-state index is 12.6. The van der Waals surface area contributed by atoms with Crippen LogP contribution in [0.3, 0.4) is 0 Å². The van der Waals surface area contributed by atoms with E-state index in [-0.39, 0.29) is 11.8 Å². The third-order valence-electron chi connectivity index (χ3n) is 5.23. The number of para-hydroxylation sites is 1. The molecule has 6 nitrogen and oxygen atoms in total. The number of methoxy groups -OCH3 is 1. The Morgan fingerprint density at radius 2 is 1.79 bits per heavy atom. The van der Waals surface area contributed by atoms with E-state index in [0.29, 0.717) is 13.0 Å². The molecule has 3 rings (SSSR count). The number of hydrogen-bond donors (Lipinski definition) is 1. The highest BCUT2D eigenvalue weighted by Gasteiger charge is 2.21. The lowest BCUT2D eigenvalue weighted by Crippen LogP contribution is -2.36. The van der Waals surface area contributed by atoms with Crippen LogP contribution in [0.5, 0.6) is 5.75 Å². The fourth-order valence-electron chi connectivity index (χ4n) is 3.53. The van der Waals surface area contributed by atoms with Gasteiger partial charge in [-0.3, -0.25) is 0 Å². The van der Waals surface area contributed by atoms with Gasteiger partial charge in [0, 0.05) is 36.7 Å². The average molecular weight is 416 g/mol. The number of hydrogen-bond acceptors (Lipinski definition) is 4. The zero-order valence-electron chi connectivity index (χ0n) is 17.4. The number of rotatable bonds is 9. The van der Waals surface area contributed by atoms with Crippen LogP contribution < -0.4 is 9.46 Å². The number of benzene rings is 2. The van der Waals surface area contributed by atoms with Gasteiger partial charge in [-0.2, -0.15) is 0 Å². The maximum atomic E-state index is 12.6. The van der Waals surface area contributed by atoms with Crippen LogP contribution in [0, 0.1) is 0 Å². The third-order valence-corrected chi connectivity index (χ3v) is 6.57. The number of sulfonamides is 1. The van der Waals surface area contributed by atoms with Gasteiger partial charge in [0.25, 0.3) is 0 Å². The topological polar surface area (TPSA) is 63.6 Å². The summed E-state index contributed by atoms with van der Waals surface area (Å²) < 4.78 is 35.2. The molecule has 0 spiro atoms. The molecule has 0 amide bonds. The molecule has 29 heavy (non-hydrogen) atoms. The van der Waals surface area contributed by atoms with E-state index in [0.717, 1.165) is 27.8 Å². The van der Waals surface area contributed by atoms with E-state index in [1.165, 1.54) is 0 Å². The van der Waals surface area contributed by atoms with Crippen LogP contribution in [0.25, 0.3) is 10.9 Å². The van der Waals surface area contributed by atoms with Crippen molar-refractivity contribution in [2.24, 2.45) is 7.05 Å². The van der Waals surface area contributed by atoms with Gasteiger partial charge in [0.2, 0.25) is 10.0 Å². The van der Waals surface area contributed by atoms with E-state index >= 15 is 0 Å². The molecule has 1 N–H and O–H groups in total. The fourth-order valence-corrected chi connectivity index (χ4v) is 4.59. The van der Waals surface area contributed by atoms with Crippen LogP contribution >= 0.6 is 0 Å². The molecular weight excluding hydrogens is 386 g/mol. The number of fused-ring (bicyclic) bond motifs is 1. The van der Waals surface area contributed by atoms with Gasteiger partial charge in [0.1, 0.15) is 5.75 Å². The van der Waals surface area contributed by atoms with Gasteiger partial charge in [-0.1, -0.05) is 30.3 Å². The zero-order chi connectivity index (χ0) is 21.0. The van der Waals surface area contributed by atoms with Crippen LogP contribution in [0.15, 0.2) is 54.7 Å². The van der Waals surface area contributed by atoms with Gasteiger partial charge in [-0.05, 0) is 49.8 Å². The number of nitrogens with one attached hydrogen (secondary N) is 1. The maximum Gasteiger partial charge on any atom is 0.211 e. The Labute approximate surface area is 173 Å². The minimum Gasteiger partial charge on any atom is -0.497 e. The van der Waals surface area contributed by atoms with E-state index < -0.39 is 10.0 Å². The zero-order valence-corrected chi connectivity index (χ0v) is 18.2. The first-order valence-corrected chi connectivity index (χ1v) is 11.3. The molecular formula is C22H29N3O3S. The lowest BCUT2D eigenvalue weighted by Gasteiger charge is -2.24. The molecule has 0 unspecified atom stereocenters. The Hall–Kier alpha value is -2.35. The molecule has 0 saturated carbocycles. The van der Waals surface area contributed by atoms with Crippen molar-refractivity contribution in [3.63, 3.8) is 0 Å². The molecule has 3 aromatic rings. The average Bonchev–Trinajstić information content (AvgIpc) is 3.03. The molecule has 1 atom stereocenters. The van der Waals surface area contributed by atoms with Crippen molar-refractivity contribution in [1.82, 2.24) is 14.2 Å². The summed E-state index contributed by atoms with van der Waals surface area (Å²) in [4.78, 5) is 2.05. The van der Waals surface area contributed by atoms with Gasteiger partial charge < -0.3 is 14.2 Å². The molecule has 0 bridgehead atoms. The summed E-state index contributed by atoms with van der Waals surface area (Å²) >= 11 is 0. The standard InChI is InChI=1S/C22H29N3O3S/c1-24(2)22(20-16-25(3)21-8-6-5-7-19(20)21)15-23-29(26,27)14-13-17-9-11-18(28-4)12-10-17/h5-12,16,22-23H,13-15H2,1-4H3/t22-/m0/s1. The minimum atomic E-state index is -3.39. The largest absolute Gasteiger partial charge is 0.497 e. The molecule has 0 fully saturated rings. The predicted molar refractivity (Wildman–Crippen MR) is 118 cm³/mol. The van der Waals surface area contributed by atoms with Crippen molar-refractivity contribution in [2.45, 2.75) is 12.5 Å². The lowest BCUT2D eigenvalue weighted by atomic mass is 10.1. The highest BCUT2D eigenvalue weighted by Crippen LogP contribution is 2.28. The summed E-state index contributed by atoms with van der Waals surface area (Å²) in [6, 6.07) is 15.6. The second kappa shape index (κ2) is 8.98. The van der Waals surface area contributed by atoms with E-state index in [9.17, 15) is 8.42 Å². The SMILES string of the molecule is COc1ccc(CCS(=O)(=O)NC[C@@H](c2cn(C)c3ccccc23)N(C)C)cc1. The van der Waals surface area contributed by atoms with E-state index in [1.807, 2.05) is 62.4 Å².